The third-order valence-electron chi connectivity index (χ3n) is 6.76. The summed E-state index contributed by atoms with van der Waals surface area (Å²) in [5.74, 6) is 2.44. The summed E-state index contributed by atoms with van der Waals surface area (Å²) in [7, 11) is 5.79. The van der Waals surface area contributed by atoms with E-state index in [-0.39, 0.29) is 0 Å². The first-order chi connectivity index (χ1) is 15.6. The summed E-state index contributed by atoms with van der Waals surface area (Å²) < 4.78 is 5.29. The Hall–Kier alpha value is -2.57. The van der Waals surface area contributed by atoms with Gasteiger partial charge in [0.05, 0.1) is 7.11 Å². The molecule has 2 aromatic carbocycles. The third-order valence-corrected chi connectivity index (χ3v) is 6.76. The van der Waals surface area contributed by atoms with Gasteiger partial charge in [0.25, 0.3) is 0 Å². The fraction of sp³-hybridized carbons (Fsp3) is 0.500. The first-order valence-electron chi connectivity index (χ1n) is 11.7. The molecule has 2 aliphatic rings. The molecule has 0 radical (unpaired) electrons. The first kappa shape index (κ1) is 22.6. The highest BCUT2D eigenvalue weighted by molar-refractivity contribution is 5.80. The Balaban J connectivity index is 1.26. The van der Waals surface area contributed by atoms with Crippen molar-refractivity contribution in [1.82, 2.24) is 20.0 Å². The Bertz CT molecular complexity index is 872. The van der Waals surface area contributed by atoms with E-state index in [4.69, 9.17) is 4.74 Å². The summed E-state index contributed by atoms with van der Waals surface area (Å²) in [5, 5.41) is 3.56. The Morgan fingerprint density at radius 3 is 2.31 bits per heavy atom. The van der Waals surface area contributed by atoms with E-state index < -0.39 is 0 Å². The van der Waals surface area contributed by atoms with E-state index in [1.165, 1.54) is 16.7 Å². The second-order valence-electron chi connectivity index (χ2n) is 9.00. The van der Waals surface area contributed by atoms with Gasteiger partial charge in [-0.05, 0) is 42.3 Å². The van der Waals surface area contributed by atoms with E-state index in [1.807, 2.05) is 7.05 Å². The van der Waals surface area contributed by atoms with Crippen LogP contribution < -0.4 is 10.1 Å². The van der Waals surface area contributed by atoms with E-state index in [0.29, 0.717) is 5.92 Å². The minimum atomic E-state index is 0.535. The molecule has 0 bridgehead atoms. The normalized spacial score (nSPS) is 20.5. The van der Waals surface area contributed by atoms with Gasteiger partial charge in [0.2, 0.25) is 0 Å². The van der Waals surface area contributed by atoms with Crippen LogP contribution in [0.5, 0.6) is 5.75 Å². The molecule has 2 heterocycles. The van der Waals surface area contributed by atoms with Crippen LogP contribution in [0, 0.1) is 0 Å². The second-order valence-corrected chi connectivity index (χ2v) is 9.00. The summed E-state index contributed by atoms with van der Waals surface area (Å²) in [5.41, 5.74) is 4.06. The number of nitrogens with zero attached hydrogens (tertiary/aromatic N) is 4. The van der Waals surface area contributed by atoms with E-state index in [0.717, 1.165) is 70.5 Å². The van der Waals surface area contributed by atoms with Gasteiger partial charge in [-0.3, -0.25) is 9.89 Å². The molecule has 32 heavy (non-hydrogen) atoms. The van der Waals surface area contributed by atoms with Crippen LogP contribution in [0.15, 0.2) is 53.5 Å². The van der Waals surface area contributed by atoms with Crippen LogP contribution in [-0.2, 0) is 13.1 Å². The highest BCUT2D eigenvalue weighted by Gasteiger charge is 2.26. The van der Waals surface area contributed by atoms with Gasteiger partial charge < -0.3 is 19.9 Å². The zero-order chi connectivity index (χ0) is 22.3. The summed E-state index contributed by atoms with van der Waals surface area (Å²) in [6, 6.07) is 17.5. The first-order valence-corrected chi connectivity index (χ1v) is 11.7. The minimum Gasteiger partial charge on any atom is -0.497 e. The van der Waals surface area contributed by atoms with Crippen LogP contribution in [0.3, 0.4) is 0 Å². The molecule has 6 heteroatoms. The van der Waals surface area contributed by atoms with Crippen molar-refractivity contribution >= 4 is 5.96 Å². The predicted octanol–water partition coefficient (Wildman–Crippen LogP) is 3.01. The number of piperazine rings is 1. The average molecular weight is 436 g/mol. The maximum absolute atomic E-state index is 5.29. The number of hydrogen-bond acceptors (Lipinski definition) is 4. The lowest BCUT2D eigenvalue weighted by atomic mass is 9.98. The van der Waals surface area contributed by atoms with Crippen molar-refractivity contribution in [2.24, 2.45) is 4.99 Å². The molecular weight excluding hydrogens is 398 g/mol. The fourth-order valence-electron chi connectivity index (χ4n) is 4.64. The Labute approximate surface area is 192 Å². The monoisotopic (exact) mass is 435 g/mol. The summed E-state index contributed by atoms with van der Waals surface area (Å²) in [6.07, 6.45) is 1.15. The largest absolute Gasteiger partial charge is 0.497 e. The molecule has 0 spiro atoms. The van der Waals surface area contributed by atoms with Crippen molar-refractivity contribution in [3.8, 4) is 5.75 Å². The maximum Gasteiger partial charge on any atom is 0.193 e. The van der Waals surface area contributed by atoms with Crippen LogP contribution in [-0.4, -0.2) is 81.1 Å². The fourth-order valence-corrected chi connectivity index (χ4v) is 4.64. The Morgan fingerprint density at radius 1 is 0.969 bits per heavy atom. The highest BCUT2D eigenvalue weighted by atomic mass is 16.5. The number of methoxy groups -OCH3 is 1. The molecule has 0 saturated carbocycles. The summed E-state index contributed by atoms with van der Waals surface area (Å²) in [4.78, 5) is 11.9. The molecule has 1 unspecified atom stereocenters. The molecule has 0 aromatic heterocycles. The summed E-state index contributed by atoms with van der Waals surface area (Å²) >= 11 is 0. The van der Waals surface area contributed by atoms with Gasteiger partial charge in [-0.2, -0.15) is 0 Å². The number of ether oxygens (including phenoxy) is 1. The molecular formula is C26H37N5O. The van der Waals surface area contributed by atoms with E-state index in [9.17, 15) is 0 Å². The molecule has 6 nitrogen and oxygen atoms in total. The van der Waals surface area contributed by atoms with E-state index in [2.05, 4.69) is 80.6 Å². The summed E-state index contributed by atoms with van der Waals surface area (Å²) in [6.45, 7) is 8.51. The van der Waals surface area contributed by atoms with E-state index >= 15 is 0 Å². The third kappa shape index (κ3) is 5.81. The standard InChI is InChI=1S/C26H37N5O/c1-27-26(31-13-12-24(20-31)23-8-10-25(32-3)11-9-23)28-18-21-4-6-22(7-5-21)19-30-16-14-29(2)15-17-30/h4-11,24H,12-20H2,1-3H3,(H,27,28). The SMILES string of the molecule is CN=C(NCc1ccc(CN2CCN(C)CC2)cc1)N1CCC(c2ccc(OC)cc2)C1. The molecule has 0 aliphatic carbocycles. The van der Waals surface area contributed by atoms with Gasteiger partial charge >= 0.3 is 0 Å². The smallest absolute Gasteiger partial charge is 0.193 e. The van der Waals surface area contributed by atoms with Gasteiger partial charge in [-0.15, -0.1) is 0 Å². The highest BCUT2D eigenvalue weighted by Crippen LogP contribution is 2.28. The number of likely N-dealkylation sites (tertiary alicyclic amines) is 1. The number of benzene rings is 2. The van der Waals surface area contributed by atoms with Crippen molar-refractivity contribution in [2.75, 3.05) is 60.5 Å². The number of guanidine groups is 1. The van der Waals surface area contributed by atoms with Gasteiger partial charge in [-0.25, -0.2) is 0 Å². The second kappa shape index (κ2) is 10.8. The zero-order valence-electron chi connectivity index (χ0n) is 19.8. The van der Waals surface area contributed by atoms with Crippen LogP contribution in [0.25, 0.3) is 0 Å². The average Bonchev–Trinajstić information content (AvgIpc) is 3.32. The lowest BCUT2D eigenvalue weighted by molar-refractivity contribution is 0.148. The molecule has 2 aliphatic heterocycles. The number of hydrogen-bond donors (Lipinski definition) is 1. The van der Waals surface area contributed by atoms with Crippen LogP contribution in [0.4, 0.5) is 0 Å². The van der Waals surface area contributed by atoms with Crippen molar-refractivity contribution in [1.29, 1.82) is 0 Å². The van der Waals surface area contributed by atoms with Crippen LogP contribution in [0.2, 0.25) is 0 Å². The van der Waals surface area contributed by atoms with Gasteiger partial charge in [-0.1, -0.05) is 36.4 Å². The van der Waals surface area contributed by atoms with Crippen molar-refractivity contribution in [3.63, 3.8) is 0 Å². The van der Waals surface area contributed by atoms with Crippen molar-refractivity contribution < 1.29 is 4.74 Å². The molecule has 172 valence electrons. The number of likely N-dealkylation sites (N-methyl/N-ethyl adjacent to an activating group) is 1. The van der Waals surface area contributed by atoms with Crippen LogP contribution >= 0.6 is 0 Å². The molecule has 1 atom stereocenters. The number of rotatable bonds is 6. The number of aliphatic imine (C=N–C) groups is 1. The topological polar surface area (TPSA) is 43.3 Å². The lowest BCUT2D eigenvalue weighted by Gasteiger charge is -2.32. The molecule has 2 saturated heterocycles. The molecule has 2 aromatic rings. The molecule has 2 fully saturated rings. The molecule has 0 amide bonds. The Morgan fingerprint density at radius 2 is 1.66 bits per heavy atom. The number of nitrogens with one attached hydrogen (secondary N) is 1. The van der Waals surface area contributed by atoms with Gasteiger partial charge in [0.1, 0.15) is 5.75 Å². The van der Waals surface area contributed by atoms with E-state index in [1.54, 1.807) is 7.11 Å². The van der Waals surface area contributed by atoms with Crippen molar-refractivity contribution in [3.05, 3.63) is 65.2 Å². The van der Waals surface area contributed by atoms with Gasteiger partial charge in [0, 0.05) is 65.3 Å². The quantitative estimate of drug-likeness (QED) is 0.558. The van der Waals surface area contributed by atoms with Gasteiger partial charge in [0.15, 0.2) is 5.96 Å². The predicted molar refractivity (Wildman–Crippen MR) is 131 cm³/mol. The molecule has 4 rings (SSSR count). The Kier molecular flexibility index (Phi) is 7.66. The molecule has 1 N–H and O–H groups in total. The van der Waals surface area contributed by atoms with Crippen molar-refractivity contribution in [2.45, 2.75) is 25.4 Å². The van der Waals surface area contributed by atoms with Crippen LogP contribution in [0.1, 0.15) is 29.0 Å². The maximum atomic E-state index is 5.29. The minimum absolute atomic E-state index is 0.535. The lowest BCUT2D eigenvalue weighted by Crippen LogP contribution is -2.43. The zero-order valence-corrected chi connectivity index (χ0v) is 19.8.